The number of carbonyl (C=O) groups is 2. The normalized spacial score (nSPS) is 14.6. The van der Waals surface area contributed by atoms with Crippen LogP contribution >= 0.6 is 0 Å². The molecule has 1 N–H and O–H groups in total. The first-order valence-electron chi connectivity index (χ1n) is 9.78. The minimum Gasteiger partial charge on any atom is -0.482 e. The maximum absolute atomic E-state index is 13.0. The topological polar surface area (TPSA) is 111 Å². The maximum Gasteiger partial charge on any atom is 0.344 e. The minimum atomic E-state index is -3.85. The van der Waals surface area contributed by atoms with Gasteiger partial charge in [-0.25, -0.2) is 13.2 Å². The molecule has 0 radical (unpaired) electrons. The monoisotopic (exact) mass is 448 g/mol. The third-order valence-electron chi connectivity index (χ3n) is 4.47. The number of ether oxygens (including phenoxy) is 3. The summed E-state index contributed by atoms with van der Waals surface area (Å²) in [5.41, 5.74) is 0.428. The van der Waals surface area contributed by atoms with Crippen molar-refractivity contribution in [2.24, 2.45) is 0 Å². The Balaban J connectivity index is 1.76. The van der Waals surface area contributed by atoms with E-state index in [0.29, 0.717) is 24.7 Å². The Morgan fingerprint density at radius 1 is 1.10 bits per heavy atom. The minimum absolute atomic E-state index is 0.0341. The van der Waals surface area contributed by atoms with Crippen molar-refractivity contribution in [2.75, 3.05) is 44.8 Å². The van der Waals surface area contributed by atoms with Gasteiger partial charge in [-0.2, -0.15) is 4.31 Å². The Morgan fingerprint density at radius 3 is 2.58 bits per heavy atom. The van der Waals surface area contributed by atoms with Crippen LogP contribution in [0.3, 0.4) is 0 Å². The quantitative estimate of drug-likeness (QED) is 0.614. The number of hydrogen-bond acceptors (Lipinski definition) is 7. The lowest BCUT2D eigenvalue weighted by atomic mass is 10.2. The molecule has 2 aromatic carbocycles. The van der Waals surface area contributed by atoms with Gasteiger partial charge in [-0.1, -0.05) is 18.2 Å². The van der Waals surface area contributed by atoms with Crippen molar-refractivity contribution in [2.45, 2.75) is 11.8 Å². The van der Waals surface area contributed by atoms with Crippen molar-refractivity contribution in [3.63, 3.8) is 0 Å². The summed E-state index contributed by atoms with van der Waals surface area (Å²) < 4.78 is 42.8. The lowest BCUT2D eigenvalue weighted by molar-refractivity contribution is -0.145. The van der Waals surface area contributed by atoms with Gasteiger partial charge in [0.25, 0.3) is 5.91 Å². The number of morpholine rings is 1. The van der Waals surface area contributed by atoms with Crippen LogP contribution < -0.4 is 10.1 Å². The van der Waals surface area contributed by atoms with Crippen molar-refractivity contribution in [3.8, 4) is 5.75 Å². The molecule has 31 heavy (non-hydrogen) atoms. The predicted octanol–water partition coefficient (Wildman–Crippen LogP) is 1.90. The Labute approximate surface area is 181 Å². The first-order chi connectivity index (χ1) is 14.9. The van der Waals surface area contributed by atoms with E-state index in [1.54, 1.807) is 37.3 Å². The molecule has 1 fully saturated rings. The van der Waals surface area contributed by atoms with Gasteiger partial charge in [-0.15, -0.1) is 0 Å². The van der Waals surface area contributed by atoms with Crippen LogP contribution in [-0.4, -0.2) is 64.1 Å². The Bertz CT molecular complexity index is 1030. The van der Waals surface area contributed by atoms with Gasteiger partial charge in [0, 0.05) is 24.8 Å². The molecule has 166 valence electrons. The zero-order valence-corrected chi connectivity index (χ0v) is 17.9. The zero-order valence-electron chi connectivity index (χ0n) is 17.1. The van der Waals surface area contributed by atoms with Crippen LogP contribution in [0.1, 0.15) is 17.3 Å². The highest BCUT2D eigenvalue weighted by molar-refractivity contribution is 7.89. The highest BCUT2D eigenvalue weighted by atomic mass is 32.2. The number of benzene rings is 2. The van der Waals surface area contributed by atoms with Crippen LogP contribution in [-0.2, 0) is 24.3 Å². The van der Waals surface area contributed by atoms with E-state index in [1.165, 1.54) is 22.5 Å². The smallest absolute Gasteiger partial charge is 0.344 e. The van der Waals surface area contributed by atoms with Crippen LogP contribution in [0.2, 0.25) is 0 Å². The summed E-state index contributed by atoms with van der Waals surface area (Å²) in [5, 5.41) is 2.68. The van der Waals surface area contributed by atoms with Crippen LogP contribution in [0.25, 0.3) is 0 Å². The van der Waals surface area contributed by atoms with E-state index < -0.39 is 21.9 Å². The average molecular weight is 448 g/mol. The van der Waals surface area contributed by atoms with E-state index in [0.717, 1.165) is 0 Å². The molecule has 0 atom stereocenters. The molecule has 1 aliphatic heterocycles. The zero-order chi connectivity index (χ0) is 22.3. The molecule has 1 saturated heterocycles. The van der Waals surface area contributed by atoms with Gasteiger partial charge >= 0.3 is 5.97 Å². The third kappa shape index (κ3) is 5.81. The van der Waals surface area contributed by atoms with Crippen molar-refractivity contribution in [3.05, 3.63) is 54.1 Å². The average Bonchev–Trinajstić information content (AvgIpc) is 2.79. The Morgan fingerprint density at radius 2 is 1.84 bits per heavy atom. The summed E-state index contributed by atoms with van der Waals surface area (Å²) in [6.07, 6.45) is 0. The lowest BCUT2D eigenvalue weighted by Crippen LogP contribution is -2.41. The van der Waals surface area contributed by atoms with Crippen molar-refractivity contribution >= 4 is 27.6 Å². The summed E-state index contributed by atoms with van der Waals surface area (Å²) in [7, 11) is -3.85. The molecular weight excluding hydrogens is 424 g/mol. The van der Waals surface area contributed by atoms with Crippen LogP contribution in [0.4, 0.5) is 5.69 Å². The lowest BCUT2D eigenvalue weighted by Gasteiger charge is -2.26. The number of nitrogens with one attached hydrogen (secondary N) is 1. The number of esters is 1. The highest BCUT2D eigenvalue weighted by Crippen LogP contribution is 2.23. The number of hydrogen-bond donors (Lipinski definition) is 1. The second kappa shape index (κ2) is 10.4. The number of amides is 1. The van der Waals surface area contributed by atoms with E-state index in [9.17, 15) is 18.0 Å². The molecule has 0 aromatic heterocycles. The largest absolute Gasteiger partial charge is 0.482 e. The van der Waals surface area contributed by atoms with E-state index >= 15 is 0 Å². The fourth-order valence-corrected chi connectivity index (χ4v) is 4.61. The summed E-state index contributed by atoms with van der Waals surface area (Å²) in [4.78, 5) is 24.3. The van der Waals surface area contributed by atoms with Crippen molar-refractivity contribution < 1.29 is 32.2 Å². The molecule has 9 nitrogen and oxygen atoms in total. The van der Waals surface area contributed by atoms with Gasteiger partial charge in [0.15, 0.2) is 6.61 Å². The molecule has 1 aliphatic rings. The molecule has 1 heterocycles. The molecule has 0 unspecified atom stereocenters. The summed E-state index contributed by atoms with van der Waals surface area (Å²) in [6, 6.07) is 12.5. The number of carbonyl (C=O) groups excluding carboxylic acids is 2. The second-order valence-electron chi connectivity index (χ2n) is 6.59. The molecule has 10 heteroatoms. The van der Waals surface area contributed by atoms with Crippen molar-refractivity contribution in [1.82, 2.24) is 4.31 Å². The number of rotatable bonds is 8. The van der Waals surface area contributed by atoms with Gasteiger partial charge < -0.3 is 19.5 Å². The van der Waals surface area contributed by atoms with Crippen LogP contribution in [0, 0.1) is 0 Å². The van der Waals surface area contributed by atoms with Crippen LogP contribution in [0.15, 0.2) is 53.4 Å². The van der Waals surface area contributed by atoms with E-state index in [1.807, 2.05) is 0 Å². The molecular formula is C21H24N2O7S. The van der Waals surface area contributed by atoms with Gasteiger partial charge in [0.2, 0.25) is 10.0 Å². The SMILES string of the molecule is CCOC(=O)COc1cccc(NC(=O)c2ccccc2S(=O)(=O)N2CCOCC2)c1. The molecule has 2 aromatic rings. The van der Waals surface area contributed by atoms with Gasteiger partial charge in [-0.3, -0.25) is 4.79 Å². The third-order valence-corrected chi connectivity index (χ3v) is 6.43. The van der Waals surface area contributed by atoms with E-state index in [4.69, 9.17) is 14.2 Å². The van der Waals surface area contributed by atoms with Gasteiger partial charge in [-0.05, 0) is 31.2 Å². The van der Waals surface area contributed by atoms with Gasteiger partial charge in [0.05, 0.1) is 30.3 Å². The number of nitrogens with zero attached hydrogens (tertiary/aromatic N) is 1. The summed E-state index contributed by atoms with van der Waals surface area (Å²) in [6.45, 7) is 2.79. The van der Waals surface area contributed by atoms with Crippen molar-refractivity contribution in [1.29, 1.82) is 0 Å². The fraction of sp³-hybridized carbons (Fsp3) is 0.333. The van der Waals surface area contributed by atoms with Crippen LogP contribution in [0.5, 0.6) is 5.75 Å². The van der Waals surface area contributed by atoms with E-state index in [-0.39, 0.29) is 36.8 Å². The highest BCUT2D eigenvalue weighted by Gasteiger charge is 2.30. The predicted molar refractivity (Wildman–Crippen MR) is 113 cm³/mol. The Kier molecular flexibility index (Phi) is 7.61. The molecule has 0 saturated carbocycles. The first-order valence-corrected chi connectivity index (χ1v) is 11.2. The molecule has 1 amide bonds. The number of anilines is 1. The van der Waals surface area contributed by atoms with E-state index in [2.05, 4.69) is 5.32 Å². The summed E-state index contributed by atoms with van der Waals surface area (Å²) in [5.74, 6) is -0.714. The standard InChI is InChI=1S/C21H24N2O7S/c1-2-29-20(24)15-30-17-7-5-6-16(14-17)22-21(25)18-8-3-4-9-19(18)31(26,27)23-10-12-28-13-11-23/h3-9,14H,2,10-13,15H2,1H3,(H,22,25). The summed E-state index contributed by atoms with van der Waals surface area (Å²) >= 11 is 0. The first kappa shape index (κ1) is 22.7. The second-order valence-corrected chi connectivity index (χ2v) is 8.49. The maximum atomic E-state index is 13.0. The molecule has 3 rings (SSSR count). The molecule has 0 aliphatic carbocycles. The fourth-order valence-electron chi connectivity index (χ4n) is 3.01. The molecule has 0 bridgehead atoms. The molecule has 0 spiro atoms. The Hall–Kier alpha value is -2.95. The van der Waals surface area contributed by atoms with Gasteiger partial charge in [0.1, 0.15) is 5.75 Å². The number of sulfonamides is 1.